The molecule has 1 aromatic carbocycles. The lowest BCUT2D eigenvalue weighted by atomic mass is 10.0. The van der Waals surface area contributed by atoms with E-state index in [0.29, 0.717) is 6.07 Å². The predicted octanol–water partition coefficient (Wildman–Crippen LogP) is 3.42. The molecule has 1 aromatic rings. The van der Waals surface area contributed by atoms with Crippen LogP contribution in [-0.2, 0) is 0 Å². The van der Waals surface area contributed by atoms with Crippen molar-refractivity contribution >= 4 is 9.90 Å². The molecular formula is C9H11F4P. The maximum absolute atomic E-state index is 12.9. The normalized spacial score (nSPS) is 10.2. The second-order valence-corrected chi connectivity index (χ2v) is 3.04. The molecular weight excluding hydrogens is 215 g/mol. The first kappa shape index (κ1) is 13.4. The van der Waals surface area contributed by atoms with Crippen LogP contribution in [0.15, 0.2) is 6.07 Å². The van der Waals surface area contributed by atoms with E-state index in [4.69, 9.17) is 0 Å². The highest BCUT2D eigenvalue weighted by Crippen LogP contribution is 2.24. The summed E-state index contributed by atoms with van der Waals surface area (Å²) in [4.78, 5) is 0. The van der Waals surface area contributed by atoms with Crippen molar-refractivity contribution in [3.63, 3.8) is 0 Å². The van der Waals surface area contributed by atoms with Crippen molar-refractivity contribution in [2.24, 2.45) is 0 Å². The third kappa shape index (κ3) is 2.24. The summed E-state index contributed by atoms with van der Waals surface area (Å²) in [6.45, 7) is 3.13. The summed E-state index contributed by atoms with van der Waals surface area (Å²) in [6.07, 6.45) is 0. The van der Waals surface area contributed by atoms with E-state index >= 15 is 0 Å². The standard InChI is InChI=1S/C9H8F4.H3P/c1-4(2)5-3-6(10)8(12)9(13)7(5)11;/h3-4H,1-2H3;1H3. The van der Waals surface area contributed by atoms with Crippen molar-refractivity contribution in [2.75, 3.05) is 0 Å². The van der Waals surface area contributed by atoms with Gasteiger partial charge in [-0.3, -0.25) is 0 Å². The Hall–Kier alpha value is -0.630. The van der Waals surface area contributed by atoms with Gasteiger partial charge < -0.3 is 0 Å². The van der Waals surface area contributed by atoms with Gasteiger partial charge in [-0.05, 0) is 17.5 Å². The molecule has 0 aliphatic rings. The first-order chi connectivity index (χ1) is 5.95. The highest BCUT2D eigenvalue weighted by Gasteiger charge is 2.19. The van der Waals surface area contributed by atoms with Crippen LogP contribution < -0.4 is 0 Å². The Morgan fingerprint density at radius 1 is 0.929 bits per heavy atom. The fraction of sp³-hybridized carbons (Fsp3) is 0.333. The first-order valence-electron chi connectivity index (χ1n) is 3.78. The lowest BCUT2D eigenvalue weighted by molar-refractivity contribution is 0.401. The average Bonchev–Trinajstić information content (AvgIpc) is 2.07. The van der Waals surface area contributed by atoms with Gasteiger partial charge in [0, 0.05) is 0 Å². The molecule has 0 aliphatic carbocycles. The van der Waals surface area contributed by atoms with Crippen molar-refractivity contribution in [3.05, 3.63) is 34.9 Å². The largest absolute Gasteiger partial charge is 0.204 e. The quantitative estimate of drug-likeness (QED) is 0.298. The molecule has 0 fully saturated rings. The summed E-state index contributed by atoms with van der Waals surface area (Å²) >= 11 is 0. The number of hydrogen-bond acceptors (Lipinski definition) is 0. The van der Waals surface area contributed by atoms with Gasteiger partial charge in [-0.2, -0.15) is 9.90 Å². The van der Waals surface area contributed by atoms with Gasteiger partial charge in [0.15, 0.2) is 23.3 Å². The number of rotatable bonds is 1. The van der Waals surface area contributed by atoms with E-state index in [1.54, 1.807) is 13.8 Å². The smallest absolute Gasteiger partial charge is 0.197 e. The molecule has 0 aromatic heterocycles. The van der Waals surface area contributed by atoms with Gasteiger partial charge in [0.25, 0.3) is 0 Å². The van der Waals surface area contributed by atoms with Gasteiger partial charge in [0.2, 0.25) is 0 Å². The van der Waals surface area contributed by atoms with Gasteiger partial charge in [-0.1, -0.05) is 13.8 Å². The maximum atomic E-state index is 12.9. The van der Waals surface area contributed by atoms with E-state index in [1.165, 1.54) is 0 Å². The summed E-state index contributed by atoms with van der Waals surface area (Å²) in [5.74, 6) is -6.56. The molecule has 0 saturated carbocycles. The Morgan fingerprint density at radius 3 is 1.86 bits per heavy atom. The summed E-state index contributed by atoms with van der Waals surface area (Å²) in [7, 11) is 0. The van der Waals surface area contributed by atoms with Crippen molar-refractivity contribution in [3.8, 4) is 0 Å². The lowest BCUT2D eigenvalue weighted by Crippen LogP contribution is -2.02. The van der Waals surface area contributed by atoms with Gasteiger partial charge in [-0.15, -0.1) is 0 Å². The van der Waals surface area contributed by atoms with E-state index in [1.807, 2.05) is 0 Å². The van der Waals surface area contributed by atoms with Crippen molar-refractivity contribution < 1.29 is 17.6 Å². The molecule has 0 bridgehead atoms. The van der Waals surface area contributed by atoms with Gasteiger partial charge in [-0.25, -0.2) is 17.6 Å². The summed E-state index contributed by atoms with van der Waals surface area (Å²) in [6, 6.07) is 0.679. The second-order valence-electron chi connectivity index (χ2n) is 3.04. The Kier molecular flexibility index (Phi) is 4.53. The Labute approximate surface area is 82.9 Å². The van der Waals surface area contributed by atoms with E-state index in [2.05, 4.69) is 0 Å². The van der Waals surface area contributed by atoms with Crippen LogP contribution in [0.3, 0.4) is 0 Å². The predicted molar refractivity (Wildman–Crippen MR) is 51.5 cm³/mol. The molecule has 5 heteroatoms. The lowest BCUT2D eigenvalue weighted by Gasteiger charge is -2.08. The SMILES string of the molecule is CC(C)c1cc(F)c(F)c(F)c1F.P. The van der Waals surface area contributed by atoms with Crippen LogP contribution >= 0.6 is 9.90 Å². The van der Waals surface area contributed by atoms with E-state index in [-0.39, 0.29) is 21.4 Å². The van der Waals surface area contributed by atoms with Gasteiger partial charge in [0.05, 0.1) is 0 Å². The number of benzene rings is 1. The molecule has 0 saturated heterocycles. The van der Waals surface area contributed by atoms with Crippen LogP contribution in [-0.4, -0.2) is 0 Å². The molecule has 0 radical (unpaired) electrons. The Balaban J connectivity index is 0.00000169. The molecule has 80 valence electrons. The van der Waals surface area contributed by atoms with Crippen molar-refractivity contribution in [1.29, 1.82) is 0 Å². The molecule has 1 unspecified atom stereocenters. The van der Waals surface area contributed by atoms with Gasteiger partial charge in [0.1, 0.15) is 0 Å². The minimum Gasteiger partial charge on any atom is -0.204 e. The third-order valence-corrected chi connectivity index (χ3v) is 1.75. The first-order valence-corrected chi connectivity index (χ1v) is 3.78. The van der Waals surface area contributed by atoms with E-state index in [0.717, 1.165) is 0 Å². The van der Waals surface area contributed by atoms with Crippen LogP contribution in [0.2, 0.25) is 0 Å². The Morgan fingerprint density at radius 2 is 1.43 bits per heavy atom. The summed E-state index contributed by atoms with van der Waals surface area (Å²) < 4.78 is 50.6. The zero-order chi connectivity index (χ0) is 10.2. The third-order valence-electron chi connectivity index (χ3n) is 1.75. The minimum atomic E-state index is -1.76. The fourth-order valence-corrected chi connectivity index (χ4v) is 1.01. The Bertz CT molecular complexity index is 336. The molecule has 0 N–H and O–H groups in total. The number of halogens is 4. The van der Waals surface area contributed by atoms with E-state index < -0.39 is 23.3 Å². The zero-order valence-corrected chi connectivity index (χ0v) is 9.29. The topological polar surface area (TPSA) is 0 Å². The summed E-state index contributed by atoms with van der Waals surface area (Å²) in [5.41, 5.74) is -0.156. The van der Waals surface area contributed by atoms with Crippen LogP contribution in [0.25, 0.3) is 0 Å². The molecule has 0 amide bonds. The second kappa shape index (κ2) is 4.74. The molecule has 1 rings (SSSR count). The molecule has 0 aliphatic heterocycles. The monoisotopic (exact) mass is 226 g/mol. The average molecular weight is 226 g/mol. The molecule has 0 spiro atoms. The van der Waals surface area contributed by atoms with Crippen LogP contribution in [0.1, 0.15) is 25.3 Å². The molecule has 0 heterocycles. The zero-order valence-electron chi connectivity index (χ0n) is 7.87. The van der Waals surface area contributed by atoms with Crippen molar-refractivity contribution in [2.45, 2.75) is 19.8 Å². The van der Waals surface area contributed by atoms with Gasteiger partial charge >= 0.3 is 0 Å². The highest BCUT2D eigenvalue weighted by atomic mass is 31.0. The molecule has 14 heavy (non-hydrogen) atoms. The number of hydrogen-bond donors (Lipinski definition) is 0. The minimum absolute atomic E-state index is 0. The molecule has 1 atom stereocenters. The van der Waals surface area contributed by atoms with Crippen LogP contribution in [0, 0.1) is 23.3 Å². The molecule has 0 nitrogen and oxygen atoms in total. The summed E-state index contributed by atoms with van der Waals surface area (Å²) in [5, 5.41) is 0. The maximum Gasteiger partial charge on any atom is 0.197 e. The van der Waals surface area contributed by atoms with Crippen LogP contribution in [0.4, 0.5) is 17.6 Å². The van der Waals surface area contributed by atoms with E-state index in [9.17, 15) is 17.6 Å². The van der Waals surface area contributed by atoms with Crippen LogP contribution in [0.5, 0.6) is 0 Å². The fourth-order valence-electron chi connectivity index (χ4n) is 1.01. The van der Waals surface area contributed by atoms with Crippen molar-refractivity contribution in [1.82, 2.24) is 0 Å². The highest BCUT2D eigenvalue weighted by molar-refractivity contribution is 6.92.